The Kier molecular flexibility index (Phi) is 6.65. The molecule has 0 fully saturated rings. The number of unbranched alkanes of at least 4 members (excludes halogenated alkanes) is 2. The topological polar surface area (TPSA) is 122 Å². The van der Waals surface area contributed by atoms with Gasteiger partial charge >= 0.3 is 6.03 Å². The van der Waals surface area contributed by atoms with E-state index in [-0.39, 0.29) is 29.4 Å². The van der Waals surface area contributed by atoms with Gasteiger partial charge in [-0.2, -0.15) is 0 Å². The van der Waals surface area contributed by atoms with E-state index in [0.29, 0.717) is 19.5 Å². The quantitative estimate of drug-likeness (QED) is 0.301. The molecule has 140 valence electrons. The van der Waals surface area contributed by atoms with Crippen molar-refractivity contribution in [1.82, 2.24) is 15.5 Å². The average Bonchev–Trinajstić information content (AvgIpc) is 2.86. The number of imide groups is 1. The number of hydrogen-bond donors (Lipinski definition) is 2. The van der Waals surface area contributed by atoms with Crippen LogP contribution in [0.15, 0.2) is 18.2 Å². The maximum atomic E-state index is 12.3. The highest BCUT2D eigenvalue weighted by Gasteiger charge is 2.36. The SMILES string of the molecule is CCCCCNC(=O)NCCCN1C(=O)c2ccc([N+](=O)[O-])cc2C1=O. The predicted octanol–water partition coefficient (Wildman–Crippen LogP) is 2.07. The summed E-state index contributed by atoms with van der Waals surface area (Å²) in [4.78, 5) is 47.4. The normalized spacial score (nSPS) is 12.9. The molecule has 26 heavy (non-hydrogen) atoms. The summed E-state index contributed by atoms with van der Waals surface area (Å²) in [6, 6.07) is 3.35. The number of nitrogens with zero attached hydrogens (tertiary/aromatic N) is 2. The number of amides is 4. The van der Waals surface area contributed by atoms with Crippen LogP contribution in [0.2, 0.25) is 0 Å². The van der Waals surface area contributed by atoms with Crippen LogP contribution in [0.5, 0.6) is 0 Å². The van der Waals surface area contributed by atoms with Crippen LogP contribution in [0.25, 0.3) is 0 Å². The molecule has 0 aromatic heterocycles. The van der Waals surface area contributed by atoms with Crippen molar-refractivity contribution in [3.63, 3.8) is 0 Å². The first kappa shape index (κ1) is 19.4. The predicted molar refractivity (Wildman–Crippen MR) is 94.0 cm³/mol. The molecule has 0 atom stereocenters. The molecular weight excluding hydrogens is 340 g/mol. The number of non-ortho nitro benzene ring substituents is 1. The third-order valence-corrected chi connectivity index (χ3v) is 4.08. The van der Waals surface area contributed by atoms with Gasteiger partial charge in [0.2, 0.25) is 0 Å². The van der Waals surface area contributed by atoms with Crippen LogP contribution in [0.1, 0.15) is 53.3 Å². The van der Waals surface area contributed by atoms with Crippen LogP contribution < -0.4 is 10.6 Å². The number of rotatable bonds is 9. The van der Waals surface area contributed by atoms with Gasteiger partial charge in [0, 0.05) is 31.8 Å². The van der Waals surface area contributed by atoms with Gasteiger partial charge in [0.1, 0.15) is 0 Å². The minimum atomic E-state index is -0.607. The van der Waals surface area contributed by atoms with Gasteiger partial charge in [0.25, 0.3) is 17.5 Å². The van der Waals surface area contributed by atoms with Gasteiger partial charge in [0.05, 0.1) is 16.1 Å². The van der Waals surface area contributed by atoms with E-state index in [9.17, 15) is 24.5 Å². The molecule has 0 radical (unpaired) electrons. The number of fused-ring (bicyclic) bond motifs is 1. The molecule has 0 saturated carbocycles. The lowest BCUT2D eigenvalue weighted by atomic mass is 10.1. The van der Waals surface area contributed by atoms with Crippen molar-refractivity contribution in [2.24, 2.45) is 0 Å². The van der Waals surface area contributed by atoms with Gasteiger partial charge in [-0.3, -0.25) is 24.6 Å². The Labute approximate surface area is 150 Å². The summed E-state index contributed by atoms with van der Waals surface area (Å²) in [6.07, 6.45) is 3.45. The summed E-state index contributed by atoms with van der Waals surface area (Å²) in [6.45, 7) is 3.14. The molecule has 0 aliphatic carbocycles. The van der Waals surface area contributed by atoms with Crippen LogP contribution in [-0.4, -0.2) is 47.3 Å². The third kappa shape index (κ3) is 4.56. The second-order valence-corrected chi connectivity index (χ2v) is 5.99. The Hall–Kier alpha value is -2.97. The summed E-state index contributed by atoms with van der Waals surface area (Å²) in [5, 5.41) is 16.2. The summed E-state index contributed by atoms with van der Waals surface area (Å²) >= 11 is 0. The van der Waals surface area contributed by atoms with Gasteiger partial charge in [-0.1, -0.05) is 19.8 Å². The zero-order chi connectivity index (χ0) is 19.1. The number of urea groups is 1. The Balaban J connectivity index is 1.80. The molecule has 0 unspecified atom stereocenters. The van der Waals surface area contributed by atoms with Gasteiger partial charge in [0.15, 0.2) is 0 Å². The number of hydrogen-bond acceptors (Lipinski definition) is 5. The van der Waals surface area contributed by atoms with Crippen molar-refractivity contribution < 1.29 is 19.3 Å². The summed E-state index contributed by atoms with van der Waals surface area (Å²) in [7, 11) is 0. The average molecular weight is 362 g/mol. The smallest absolute Gasteiger partial charge is 0.314 e. The number of carbonyl (C=O) groups is 3. The lowest BCUT2D eigenvalue weighted by Crippen LogP contribution is -2.38. The van der Waals surface area contributed by atoms with E-state index < -0.39 is 16.7 Å². The molecular formula is C17H22N4O5. The molecule has 0 bridgehead atoms. The fraction of sp³-hybridized carbons (Fsp3) is 0.471. The largest absolute Gasteiger partial charge is 0.338 e. The van der Waals surface area contributed by atoms with Crippen molar-refractivity contribution in [1.29, 1.82) is 0 Å². The second kappa shape index (κ2) is 8.93. The van der Waals surface area contributed by atoms with Crippen molar-refractivity contribution in [2.75, 3.05) is 19.6 Å². The zero-order valence-corrected chi connectivity index (χ0v) is 14.6. The number of nitrogens with one attached hydrogen (secondary N) is 2. The summed E-state index contributed by atoms with van der Waals surface area (Å²) in [5.41, 5.74) is -0.0128. The fourth-order valence-electron chi connectivity index (χ4n) is 2.67. The molecule has 0 spiro atoms. The molecule has 0 saturated heterocycles. The van der Waals surface area contributed by atoms with Crippen LogP contribution in [0.3, 0.4) is 0 Å². The molecule has 1 aromatic rings. The molecule has 2 N–H and O–H groups in total. The zero-order valence-electron chi connectivity index (χ0n) is 14.6. The second-order valence-electron chi connectivity index (χ2n) is 5.99. The van der Waals surface area contributed by atoms with Crippen LogP contribution in [0, 0.1) is 10.1 Å². The lowest BCUT2D eigenvalue weighted by Gasteiger charge is -2.14. The number of nitro benzene ring substituents is 1. The first-order valence-corrected chi connectivity index (χ1v) is 8.62. The number of benzene rings is 1. The Morgan fingerprint density at radius 2 is 1.73 bits per heavy atom. The van der Waals surface area contributed by atoms with E-state index in [2.05, 4.69) is 17.6 Å². The van der Waals surface area contributed by atoms with Crippen LogP contribution >= 0.6 is 0 Å². The maximum absolute atomic E-state index is 12.3. The van der Waals surface area contributed by atoms with Crippen molar-refractivity contribution in [3.8, 4) is 0 Å². The highest BCUT2D eigenvalue weighted by molar-refractivity contribution is 6.21. The van der Waals surface area contributed by atoms with Gasteiger partial charge in [-0.05, 0) is 18.9 Å². The standard InChI is InChI=1S/C17H22N4O5/c1-2-3-4-8-18-17(24)19-9-5-10-20-15(22)13-7-6-12(21(25)26)11-14(13)16(20)23/h6-7,11H,2-5,8-10H2,1H3,(H2,18,19,24). The van der Waals surface area contributed by atoms with E-state index in [1.54, 1.807) is 0 Å². The highest BCUT2D eigenvalue weighted by Crippen LogP contribution is 2.26. The van der Waals surface area contributed by atoms with Crippen molar-refractivity contribution in [2.45, 2.75) is 32.6 Å². The summed E-state index contributed by atoms with van der Waals surface area (Å²) < 4.78 is 0. The Morgan fingerprint density at radius 1 is 1.08 bits per heavy atom. The number of carbonyl (C=O) groups excluding carboxylic acids is 3. The maximum Gasteiger partial charge on any atom is 0.314 e. The first-order valence-electron chi connectivity index (χ1n) is 8.62. The minimum absolute atomic E-state index is 0.0471. The van der Waals surface area contributed by atoms with Gasteiger partial charge in [-0.25, -0.2) is 4.79 Å². The van der Waals surface area contributed by atoms with E-state index in [0.717, 1.165) is 30.2 Å². The molecule has 1 aromatic carbocycles. The molecule has 9 nitrogen and oxygen atoms in total. The fourth-order valence-corrected chi connectivity index (χ4v) is 2.67. The monoisotopic (exact) mass is 362 g/mol. The van der Waals surface area contributed by atoms with Crippen LogP contribution in [-0.2, 0) is 0 Å². The lowest BCUT2D eigenvalue weighted by molar-refractivity contribution is -0.384. The van der Waals surface area contributed by atoms with E-state index in [1.165, 1.54) is 12.1 Å². The van der Waals surface area contributed by atoms with E-state index >= 15 is 0 Å². The van der Waals surface area contributed by atoms with Crippen LogP contribution in [0.4, 0.5) is 10.5 Å². The Bertz CT molecular complexity index is 719. The molecule has 1 heterocycles. The molecule has 9 heteroatoms. The molecule has 1 aliphatic rings. The first-order chi connectivity index (χ1) is 12.5. The minimum Gasteiger partial charge on any atom is -0.338 e. The summed E-state index contributed by atoms with van der Waals surface area (Å²) in [5.74, 6) is -1.01. The van der Waals surface area contributed by atoms with Gasteiger partial charge in [-0.15, -0.1) is 0 Å². The third-order valence-electron chi connectivity index (χ3n) is 4.08. The number of nitro groups is 1. The van der Waals surface area contributed by atoms with Gasteiger partial charge < -0.3 is 10.6 Å². The van der Waals surface area contributed by atoms with Crippen molar-refractivity contribution >= 4 is 23.5 Å². The van der Waals surface area contributed by atoms with E-state index in [4.69, 9.17) is 0 Å². The Morgan fingerprint density at radius 3 is 2.38 bits per heavy atom. The molecule has 2 rings (SSSR count). The van der Waals surface area contributed by atoms with E-state index in [1.807, 2.05) is 0 Å². The highest BCUT2D eigenvalue weighted by atomic mass is 16.6. The molecule has 4 amide bonds. The molecule has 1 aliphatic heterocycles. The van der Waals surface area contributed by atoms with Crippen molar-refractivity contribution in [3.05, 3.63) is 39.4 Å².